The summed E-state index contributed by atoms with van der Waals surface area (Å²) in [7, 11) is 0. The van der Waals surface area contributed by atoms with Crippen molar-refractivity contribution in [2.45, 2.75) is 5.41 Å². The molecule has 41 heavy (non-hydrogen) atoms. The van der Waals surface area contributed by atoms with Crippen LogP contribution in [0.5, 0.6) is 0 Å². The largest absolute Gasteiger partial charge is 0.0720 e. The van der Waals surface area contributed by atoms with Crippen LogP contribution in [-0.2, 0) is 5.41 Å². The molecule has 0 fully saturated rings. The molecule has 0 heteroatoms. The maximum absolute atomic E-state index is 2.46. The standard InChI is InChI=1S/C41H26/c1-3-12-30-23-34(20-17-27(30)9-1)41(35-21-18-28-10-2-4-13-31(28)24-35)39-26-33-15-6-5-14-32(33)25-38(39)37-22-19-29-11-7-8-16-36(29)40(37)41/h1-26H. The first-order valence-electron chi connectivity index (χ1n) is 14.4. The van der Waals surface area contributed by atoms with Crippen LogP contribution in [0.15, 0.2) is 158 Å². The minimum absolute atomic E-state index is 0.483. The van der Waals surface area contributed by atoms with Gasteiger partial charge in [0, 0.05) is 0 Å². The fourth-order valence-electron chi connectivity index (χ4n) is 7.42. The minimum atomic E-state index is -0.483. The minimum Gasteiger partial charge on any atom is -0.0616 e. The molecule has 0 aliphatic heterocycles. The predicted octanol–water partition coefficient (Wildman–Crippen LogP) is 10.7. The topological polar surface area (TPSA) is 0 Å². The van der Waals surface area contributed by atoms with Gasteiger partial charge in [0.25, 0.3) is 0 Å². The summed E-state index contributed by atoms with van der Waals surface area (Å²) < 4.78 is 0. The quantitative estimate of drug-likeness (QED) is 0.213. The van der Waals surface area contributed by atoms with Crippen LogP contribution in [0.2, 0.25) is 0 Å². The van der Waals surface area contributed by atoms with Crippen molar-refractivity contribution < 1.29 is 0 Å². The molecule has 0 saturated carbocycles. The van der Waals surface area contributed by atoms with Gasteiger partial charge in [-0.2, -0.15) is 0 Å². The van der Waals surface area contributed by atoms with Gasteiger partial charge in [0.2, 0.25) is 0 Å². The summed E-state index contributed by atoms with van der Waals surface area (Å²) in [6.45, 7) is 0. The van der Waals surface area contributed by atoms with Gasteiger partial charge in [-0.05, 0) is 101 Å². The van der Waals surface area contributed by atoms with E-state index in [1.807, 2.05) is 0 Å². The van der Waals surface area contributed by atoms with Crippen molar-refractivity contribution in [3.63, 3.8) is 0 Å². The molecule has 0 unspecified atom stereocenters. The van der Waals surface area contributed by atoms with Crippen LogP contribution in [0.25, 0.3) is 54.2 Å². The summed E-state index contributed by atoms with van der Waals surface area (Å²) in [6, 6.07) is 58.9. The second kappa shape index (κ2) is 8.40. The molecule has 0 spiro atoms. The molecule has 0 N–H and O–H groups in total. The van der Waals surface area contributed by atoms with Gasteiger partial charge in [-0.3, -0.25) is 0 Å². The van der Waals surface area contributed by atoms with E-state index in [-0.39, 0.29) is 0 Å². The maximum Gasteiger partial charge on any atom is 0.0720 e. The van der Waals surface area contributed by atoms with E-state index in [9.17, 15) is 0 Å². The van der Waals surface area contributed by atoms with E-state index in [2.05, 4.69) is 158 Å². The van der Waals surface area contributed by atoms with Gasteiger partial charge in [0.1, 0.15) is 0 Å². The highest BCUT2D eigenvalue weighted by atomic mass is 14.5. The highest BCUT2D eigenvalue weighted by molar-refractivity contribution is 6.04. The van der Waals surface area contributed by atoms with Gasteiger partial charge >= 0.3 is 0 Å². The molecule has 1 aliphatic carbocycles. The first-order valence-corrected chi connectivity index (χ1v) is 14.4. The summed E-state index contributed by atoms with van der Waals surface area (Å²) >= 11 is 0. The van der Waals surface area contributed by atoms with E-state index < -0.39 is 5.41 Å². The van der Waals surface area contributed by atoms with Crippen molar-refractivity contribution in [2.24, 2.45) is 0 Å². The van der Waals surface area contributed by atoms with Crippen molar-refractivity contribution in [3.8, 4) is 11.1 Å². The summed E-state index contributed by atoms with van der Waals surface area (Å²) in [5.74, 6) is 0. The smallest absolute Gasteiger partial charge is 0.0616 e. The summed E-state index contributed by atoms with van der Waals surface area (Å²) in [5.41, 5.74) is 7.51. The fourth-order valence-corrected chi connectivity index (χ4v) is 7.42. The number of benzene rings is 8. The zero-order valence-corrected chi connectivity index (χ0v) is 22.5. The summed E-state index contributed by atoms with van der Waals surface area (Å²) in [6.07, 6.45) is 0. The molecule has 0 amide bonds. The van der Waals surface area contributed by atoms with Gasteiger partial charge in [-0.15, -0.1) is 0 Å². The van der Waals surface area contributed by atoms with Crippen molar-refractivity contribution in [1.29, 1.82) is 0 Å². The lowest BCUT2D eigenvalue weighted by atomic mass is 9.66. The molecule has 0 bridgehead atoms. The Balaban J connectivity index is 1.53. The van der Waals surface area contributed by atoms with Gasteiger partial charge in [-0.25, -0.2) is 0 Å². The van der Waals surface area contributed by atoms with E-state index in [4.69, 9.17) is 0 Å². The van der Waals surface area contributed by atoms with Gasteiger partial charge in [0.05, 0.1) is 5.41 Å². The molecule has 0 radical (unpaired) electrons. The number of hydrogen-bond donors (Lipinski definition) is 0. The molecule has 9 rings (SSSR count). The van der Waals surface area contributed by atoms with E-state index in [1.165, 1.54) is 76.5 Å². The van der Waals surface area contributed by atoms with Crippen LogP contribution < -0.4 is 0 Å². The second-order valence-electron chi connectivity index (χ2n) is 11.3. The van der Waals surface area contributed by atoms with Crippen LogP contribution in [0, 0.1) is 0 Å². The Morgan fingerprint density at radius 2 is 0.780 bits per heavy atom. The van der Waals surface area contributed by atoms with E-state index in [0.717, 1.165) is 0 Å². The van der Waals surface area contributed by atoms with Crippen LogP contribution >= 0.6 is 0 Å². The third-order valence-corrected chi connectivity index (χ3v) is 9.25. The molecule has 8 aromatic carbocycles. The first kappa shape index (κ1) is 22.6. The molecule has 1 aliphatic rings. The third kappa shape index (κ3) is 3.11. The summed E-state index contributed by atoms with van der Waals surface area (Å²) in [4.78, 5) is 0. The van der Waals surface area contributed by atoms with Crippen LogP contribution in [0.3, 0.4) is 0 Å². The zero-order chi connectivity index (χ0) is 27.0. The van der Waals surface area contributed by atoms with Crippen LogP contribution in [0.1, 0.15) is 22.3 Å². The van der Waals surface area contributed by atoms with Crippen molar-refractivity contribution >= 4 is 43.1 Å². The SMILES string of the molecule is c1ccc2cc(C3(c4ccc5ccccc5c4)c4cc5ccccc5cc4-c4ccc5ccccc5c43)ccc2c1. The van der Waals surface area contributed by atoms with Gasteiger partial charge < -0.3 is 0 Å². The second-order valence-corrected chi connectivity index (χ2v) is 11.3. The molecule has 0 nitrogen and oxygen atoms in total. The molecule has 0 atom stereocenters. The third-order valence-electron chi connectivity index (χ3n) is 9.25. The maximum atomic E-state index is 2.46. The number of hydrogen-bond acceptors (Lipinski definition) is 0. The van der Waals surface area contributed by atoms with E-state index in [1.54, 1.807) is 0 Å². The molecule has 0 aromatic heterocycles. The Kier molecular flexibility index (Phi) is 4.63. The first-order chi connectivity index (χ1) is 20.3. The Bertz CT molecular complexity index is 2240. The van der Waals surface area contributed by atoms with Crippen molar-refractivity contribution in [2.75, 3.05) is 0 Å². The molecule has 0 saturated heterocycles. The molecular formula is C41H26. The Morgan fingerprint density at radius 1 is 0.317 bits per heavy atom. The Morgan fingerprint density at radius 3 is 1.39 bits per heavy atom. The van der Waals surface area contributed by atoms with E-state index >= 15 is 0 Å². The predicted molar refractivity (Wildman–Crippen MR) is 174 cm³/mol. The summed E-state index contributed by atoms with van der Waals surface area (Å²) in [5, 5.41) is 10.2. The average molecular weight is 519 g/mol. The lowest BCUT2D eigenvalue weighted by Crippen LogP contribution is -2.29. The molecular weight excluding hydrogens is 492 g/mol. The average Bonchev–Trinajstić information content (AvgIpc) is 3.33. The fraction of sp³-hybridized carbons (Fsp3) is 0.0244. The Labute approximate surface area is 239 Å². The molecule has 190 valence electrons. The lowest BCUT2D eigenvalue weighted by Gasteiger charge is -2.35. The monoisotopic (exact) mass is 518 g/mol. The number of fused-ring (bicyclic) bond motifs is 8. The van der Waals surface area contributed by atoms with E-state index in [0.29, 0.717) is 0 Å². The normalized spacial score (nSPS) is 13.6. The molecule has 8 aromatic rings. The van der Waals surface area contributed by atoms with Gasteiger partial charge in [0.15, 0.2) is 0 Å². The Hall–Kier alpha value is -5.20. The van der Waals surface area contributed by atoms with Crippen LogP contribution in [-0.4, -0.2) is 0 Å². The van der Waals surface area contributed by atoms with Crippen LogP contribution in [0.4, 0.5) is 0 Å². The zero-order valence-electron chi connectivity index (χ0n) is 22.5. The van der Waals surface area contributed by atoms with Crippen molar-refractivity contribution in [3.05, 3.63) is 180 Å². The highest BCUT2D eigenvalue weighted by Gasteiger charge is 2.47. The highest BCUT2D eigenvalue weighted by Crippen LogP contribution is 2.59. The lowest BCUT2D eigenvalue weighted by molar-refractivity contribution is 0.779. The number of rotatable bonds is 2. The van der Waals surface area contributed by atoms with Gasteiger partial charge in [-0.1, -0.05) is 133 Å². The van der Waals surface area contributed by atoms with Crippen molar-refractivity contribution in [1.82, 2.24) is 0 Å². The molecule has 0 heterocycles.